The fourth-order valence-electron chi connectivity index (χ4n) is 1.83. The first-order chi connectivity index (χ1) is 9.20. The number of nitrogen functional groups attached to an aromatic ring is 1. The SMILES string of the molecule is COc1ccc(CCNc2nccc(C)c2N)cc1. The molecule has 0 amide bonds. The molecule has 1 heterocycles. The predicted octanol–water partition coefficient (Wildman–Crippen LogP) is 2.64. The zero-order valence-corrected chi connectivity index (χ0v) is 11.3. The van der Waals surface area contributed by atoms with Gasteiger partial charge in [-0.3, -0.25) is 0 Å². The van der Waals surface area contributed by atoms with E-state index in [9.17, 15) is 0 Å². The molecule has 0 aliphatic heterocycles. The number of aromatic nitrogens is 1. The van der Waals surface area contributed by atoms with Crippen molar-refractivity contribution in [3.63, 3.8) is 0 Å². The predicted molar refractivity (Wildman–Crippen MR) is 78.6 cm³/mol. The van der Waals surface area contributed by atoms with Crippen molar-refractivity contribution < 1.29 is 4.74 Å². The second-order valence-corrected chi connectivity index (χ2v) is 4.41. The molecule has 2 rings (SSSR count). The molecule has 2 aromatic rings. The number of nitrogens with zero attached hydrogens (tertiary/aromatic N) is 1. The van der Waals surface area contributed by atoms with Crippen molar-refractivity contribution in [2.24, 2.45) is 0 Å². The Balaban J connectivity index is 1.90. The fraction of sp³-hybridized carbons (Fsp3) is 0.267. The largest absolute Gasteiger partial charge is 0.497 e. The van der Waals surface area contributed by atoms with E-state index in [1.807, 2.05) is 25.1 Å². The maximum atomic E-state index is 5.96. The van der Waals surface area contributed by atoms with Crippen molar-refractivity contribution >= 4 is 11.5 Å². The van der Waals surface area contributed by atoms with Crippen LogP contribution in [0.4, 0.5) is 11.5 Å². The number of benzene rings is 1. The third kappa shape index (κ3) is 3.37. The lowest BCUT2D eigenvalue weighted by molar-refractivity contribution is 0.414. The molecule has 0 spiro atoms. The maximum absolute atomic E-state index is 5.96. The minimum atomic E-state index is 0.720. The number of anilines is 2. The molecule has 0 radical (unpaired) electrons. The molecule has 4 nitrogen and oxygen atoms in total. The number of aryl methyl sites for hydroxylation is 1. The third-order valence-electron chi connectivity index (χ3n) is 3.07. The van der Waals surface area contributed by atoms with Gasteiger partial charge in [0.1, 0.15) is 11.6 Å². The molecular weight excluding hydrogens is 238 g/mol. The molecule has 0 aliphatic carbocycles. The number of pyridine rings is 1. The summed E-state index contributed by atoms with van der Waals surface area (Å²) in [5, 5.41) is 3.26. The van der Waals surface area contributed by atoms with E-state index in [2.05, 4.69) is 22.4 Å². The van der Waals surface area contributed by atoms with Crippen LogP contribution in [0.25, 0.3) is 0 Å². The molecule has 0 aliphatic rings. The highest BCUT2D eigenvalue weighted by Gasteiger charge is 2.02. The van der Waals surface area contributed by atoms with E-state index in [4.69, 9.17) is 10.5 Å². The van der Waals surface area contributed by atoms with Crippen LogP contribution in [0.5, 0.6) is 5.75 Å². The Bertz CT molecular complexity index is 538. The molecule has 1 aromatic carbocycles. The summed E-state index contributed by atoms with van der Waals surface area (Å²) in [5.74, 6) is 1.63. The number of hydrogen-bond acceptors (Lipinski definition) is 4. The van der Waals surface area contributed by atoms with Crippen LogP contribution >= 0.6 is 0 Å². The molecule has 0 fully saturated rings. The van der Waals surface area contributed by atoms with Crippen molar-refractivity contribution in [3.8, 4) is 5.75 Å². The van der Waals surface area contributed by atoms with Gasteiger partial charge in [-0.05, 0) is 42.7 Å². The lowest BCUT2D eigenvalue weighted by Crippen LogP contribution is -2.09. The van der Waals surface area contributed by atoms with E-state index in [1.54, 1.807) is 13.3 Å². The third-order valence-corrected chi connectivity index (χ3v) is 3.07. The van der Waals surface area contributed by atoms with Gasteiger partial charge in [0.15, 0.2) is 0 Å². The minimum absolute atomic E-state index is 0.720. The van der Waals surface area contributed by atoms with Gasteiger partial charge in [0, 0.05) is 12.7 Å². The lowest BCUT2D eigenvalue weighted by Gasteiger charge is -2.10. The van der Waals surface area contributed by atoms with Gasteiger partial charge >= 0.3 is 0 Å². The van der Waals surface area contributed by atoms with Crippen LogP contribution in [-0.2, 0) is 6.42 Å². The Morgan fingerprint density at radius 2 is 1.95 bits per heavy atom. The van der Waals surface area contributed by atoms with E-state index < -0.39 is 0 Å². The molecule has 1 aromatic heterocycles. The van der Waals surface area contributed by atoms with E-state index in [1.165, 1.54) is 5.56 Å². The van der Waals surface area contributed by atoms with Crippen molar-refractivity contribution in [3.05, 3.63) is 47.7 Å². The van der Waals surface area contributed by atoms with Crippen molar-refractivity contribution in [2.75, 3.05) is 24.7 Å². The number of nitrogens with two attached hydrogens (primary N) is 1. The van der Waals surface area contributed by atoms with E-state index in [-0.39, 0.29) is 0 Å². The van der Waals surface area contributed by atoms with Gasteiger partial charge in [0.05, 0.1) is 12.8 Å². The summed E-state index contributed by atoms with van der Waals surface area (Å²) in [7, 11) is 1.67. The normalized spacial score (nSPS) is 10.2. The first-order valence-corrected chi connectivity index (χ1v) is 6.28. The highest BCUT2D eigenvalue weighted by atomic mass is 16.5. The topological polar surface area (TPSA) is 60.2 Å². The summed E-state index contributed by atoms with van der Waals surface area (Å²) < 4.78 is 5.13. The average molecular weight is 257 g/mol. The number of hydrogen-bond donors (Lipinski definition) is 2. The molecule has 0 bridgehead atoms. The Hall–Kier alpha value is -2.23. The Morgan fingerprint density at radius 3 is 2.63 bits per heavy atom. The molecule has 0 unspecified atom stereocenters. The van der Waals surface area contributed by atoms with E-state index in [0.29, 0.717) is 0 Å². The summed E-state index contributed by atoms with van der Waals surface area (Å²) in [6, 6.07) is 9.97. The molecule has 0 saturated carbocycles. The number of rotatable bonds is 5. The molecule has 3 N–H and O–H groups in total. The number of nitrogens with one attached hydrogen (secondary N) is 1. The van der Waals surface area contributed by atoms with Crippen molar-refractivity contribution in [2.45, 2.75) is 13.3 Å². The van der Waals surface area contributed by atoms with Gasteiger partial charge in [0.25, 0.3) is 0 Å². The van der Waals surface area contributed by atoms with Crippen molar-refractivity contribution in [1.82, 2.24) is 4.98 Å². The van der Waals surface area contributed by atoms with Crippen LogP contribution < -0.4 is 15.8 Å². The van der Waals surface area contributed by atoms with Gasteiger partial charge in [0.2, 0.25) is 0 Å². The smallest absolute Gasteiger partial charge is 0.149 e. The second kappa shape index (κ2) is 6.09. The highest BCUT2D eigenvalue weighted by molar-refractivity contribution is 5.64. The fourth-order valence-corrected chi connectivity index (χ4v) is 1.83. The molecule has 100 valence electrons. The first-order valence-electron chi connectivity index (χ1n) is 6.28. The second-order valence-electron chi connectivity index (χ2n) is 4.41. The van der Waals surface area contributed by atoms with Crippen LogP contribution in [0.1, 0.15) is 11.1 Å². The lowest BCUT2D eigenvalue weighted by atomic mass is 10.1. The number of ether oxygens (including phenoxy) is 1. The zero-order chi connectivity index (χ0) is 13.7. The summed E-state index contributed by atoms with van der Waals surface area (Å²) in [6.07, 6.45) is 2.68. The summed E-state index contributed by atoms with van der Waals surface area (Å²) in [6.45, 7) is 2.78. The molecule has 4 heteroatoms. The summed E-state index contributed by atoms with van der Waals surface area (Å²) >= 11 is 0. The van der Waals surface area contributed by atoms with Gasteiger partial charge in [-0.15, -0.1) is 0 Å². The maximum Gasteiger partial charge on any atom is 0.149 e. The first kappa shape index (κ1) is 13.2. The van der Waals surface area contributed by atoms with Crippen LogP contribution in [0, 0.1) is 6.92 Å². The van der Waals surface area contributed by atoms with Gasteiger partial charge in [-0.2, -0.15) is 0 Å². The van der Waals surface area contributed by atoms with Crippen molar-refractivity contribution in [1.29, 1.82) is 0 Å². The van der Waals surface area contributed by atoms with Crippen LogP contribution in [0.3, 0.4) is 0 Å². The minimum Gasteiger partial charge on any atom is -0.497 e. The van der Waals surface area contributed by atoms with Gasteiger partial charge in [-0.1, -0.05) is 12.1 Å². The molecule has 0 saturated heterocycles. The molecule has 19 heavy (non-hydrogen) atoms. The highest BCUT2D eigenvalue weighted by Crippen LogP contribution is 2.18. The van der Waals surface area contributed by atoms with E-state index in [0.717, 1.165) is 35.8 Å². The monoisotopic (exact) mass is 257 g/mol. The average Bonchev–Trinajstić information content (AvgIpc) is 2.44. The van der Waals surface area contributed by atoms with Crippen LogP contribution in [-0.4, -0.2) is 18.6 Å². The van der Waals surface area contributed by atoms with E-state index >= 15 is 0 Å². The van der Waals surface area contributed by atoms with Gasteiger partial charge < -0.3 is 15.8 Å². The zero-order valence-electron chi connectivity index (χ0n) is 11.3. The van der Waals surface area contributed by atoms with Crippen LogP contribution in [0.2, 0.25) is 0 Å². The molecular formula is C15H19N3O. The summed E-state index contributed by atoms with van der Waals surface area (Å²) in [4.78, 5) is 4.24. The molecule has 0 atom stereocenters. The number of methoxy groups -OCH3 is 1. The quantitative estimate of drug-likeness (QED) is 0.864. The Kier molecular flexibility index (Phi) is 4.23. The summed E-state index contributed by atoms with van der Waals surface area (Å²) in [5.41, 5.74) is 8.97. The van der Waals surface area contributed by atoms with Crippen LogP contribution in [0.15, 0.2) is 36.5 Å². The Labute approximate surface area is 113 Å². The Morgan fingerprint density at radius 1 is 1.21 bits per heavy atom. The van der Waals surface area contributed by atoms with Gasteiger partial charge in [-0.25, -0.2) is 4.98 Å². The standard InChI is InChI=1S/C15H19N3O/c1-11-7-9-17-15(14(11)16)18-10-8-12-3-5-13(19-2)6-4-12/h3-7,9H,8,10,16H2,1-2H3,(H,17,18).